The Morgan fingerprint density at radius 1 is 1.15 bits per heavy atom. The van der Waals surface area contributed by atoms with E-state index in [1.165, 1.54) is 11.8 Å². The van der Waals surface area contributed by atoms with E-state index in [-0.39, 0.29) is 0 Å². The van der Waals surface area contributed by atoms with Crippen LogP contribution in [0, 0.1) is 6.92 Å². The van der Waals surface area contributed by atoms with Crippen LogP contribution in [0.25, 0.3) is 11.3 Å². The van der Waals surface area contributed by atoms with E-state index in [0.29, 0.717) is 29.6 Å². The molecule has 2 aromatic rings. The number of hydrogen-bond donors (Lipinski definition) is 3. The number of ether oxygens (including phenoxy) is 1. The van der Waals surface area contributed by atoms with Gasteiger partial charge in [-0.3, -0.25) is 15.8 Å². The summed E-state index contributed by atoms with van der Waals surface area (Å²) in [5, 5.41) is 13.4. The third-order valence-electron chi connectivity index (χ3n) is 4.94. The van der Waals surface area contributed by atoms with Crippen molar-refractivity contribution in [3.05, 3.63) is 41.6 Å². The minimum absolute atomic E-state index is 0.456. The molecule has 0 amide bonds. The summed E-state index contributed by atoms with van der Waals surface area (Å²) in [6.07, 6.45) is 1.96. The van der Waals surface area contributed by atoms with Crippen molar-refractivity contribution in [1.82, 2.24) is 20.7 Å². The molecule has 10 heteroatoms. The van der Waals surface area contributed by atoms with E-state index in [1.807, 2.05) is 58.3 Å². The van der Waals surface area contributed by atoms with Crippen molar-refractivity contribution in [1.29, 1.82) is 0 Å². The van der Waals surface area contributed by atoms with Crippen LogP contribution >= 0.6 is 24.0 Å². The van der Waals surface area contributed by atoms with Gasteiger partial charge in [0.25, 0.3) is 0 Å². The molecule has 33 heavy (non-hydrogen) atoms. The molecule has 0 fully saturated rings. The molecule has 0 unspecified atom stereocenters. The van der Waals surface area contributed by atoms with Gasteiger partial charge in [-0.25, -0.2) is 0 Å². The van der Waals surface area contributed by atoms with Gasteiger partial charge < -0.3 is 14.6 Å². The van der Waals surface area contributed by atoms with Crippen LogP contribution in [0.2, 0.25) is 0 Å². The summed E-state index contributed by atoms with van der Waals surface area (Å²) in [6, 6.07) is 10.1. The lowest BCUT2D eigenvalue weighted by molar-refractivity contribution is 0.415. The molecule has 1 aromatic carbocycles. The third-order valence-corrected chi connectivity index (χ3v) is 5.78. The lowest BCUT2D eigenvalue weighted by Crippen LogP contribution is -2.33. The molecule has 0 bridgehead atoms. The summed E-state index contributed by atoms with van der Waals surface area (Å²) in [5.41, 5.74) is 11.5. The van der Waals surface area contributed by atoms with Gasteiger partial charge in [-0.2, -0.15) is 10.2 Å². The zero-order valence-corrected chi connectivity index (χ0v) is 21.9. The highest BCUT2D eigenvalue weighted by Gasteiger charge is 2.18. The molecule has 8 nitrogen and oxygen atoms in total. The summed E-state index contributed by atoms with van der Waals surface area (Å²) in [7, 11) is 3.70. The number of aliphatic imine (C=N–C) groups is 1. The van der Waals surface area contributed by atoms with E-state index in [2.05, 4.69) is 48.9 Å². The van der Waals surface area contributed by atoms with Crippen molar-refractivity contribution in [2.24, 2.45) is 22.2 Å². The van der Waals surface area contributed by atoms with Crippen LogP contribution < -0.4 is 20.9 Å². The minimum atomic E-state index is 0.456. The van der Waals surface area contributed by atoms with E-state index in [0.717, 1.165) is 33.4 Å². The Hall–Kier alpha value is -2.85. The van der Waals surface area contributed by atoms with Crippen molar-refractivity contribution >= 4 is 45.7 Å². The fraction of sp³-hybridized carbons (Fsp3) is 0.391. The van der Waals surface area contributed by atoms with Crippen LogP contribution in [0.1, 0.15) is 32.0 Å². The lowest BCUT2D eigenvalue weighted by atomic mass is 10.1. The van der Waals surface area contributed by atoms with Crippen LogP contribution in [0.3, 0.4) is 0 Å². The number of benzene rings is 1. The van der Waals surface area contributed by atoms with Crippen LogP contribution in [0.4, 0.5) is 0 Å². The number of rotatable bonds is 8. The van der Waals surface area contributed by atoms with Gasteiger partial charge in [0.05, 0.1) is 12.8 Å². The SMILES string of the molecule is CCN=C(N/N=C(C)/C(=N/NC(=S)NCC)c1cc(-c2ccc(OC)cc2)n(C)c1C)SC. The average molecular weight is 488 g/mol. The number of nitrogens with zero attached hydrogens (tertiary/aromatic N) is 4. The van der Waals surface area contributed by atoms with Gasteiger partial charge in [0.15, 0.2) is 10.3 Å². The molecule has 0 aliphatic rings. The first-order chi connectivity index (χ1) is 15.9. The number of nitrogens with one attached hydrogen (secondary N) is 3. The van der Waals surface area contributed by atoms with Crippen molar-refractivity contribution < 1.29 is 4.74 Å². The molecule has 0 atom stereocenters. The van der Waals surface area contributed by atoms with Crippen molar-refractivity contribution in [2.75, 3.05) is 26.5 Å². The number of methoxy groups -OCH3 is 1. The molecule has 0 saturated carbocycles. The fourth-order valence-electron chi connectivity index (χ4n) is 3.09. The molecule has 178 valence electrons. The summed E-state index contributed by atoms with van der Waals surface area (Å²) in [4.78, 5) is 4.40. The van der Waals surface area contributed by atoms with Crippen LogP contribution in [0.5, 0.6) is 5.75 Å². The van der Waals surface area contributed by atoms with Crippen LogP contribution in [-0.4, -0.2) is 52.7 Å². The second-order valence-electron chi connectivity index (χ2n) is 7.04. The zero-order valence-electron chi connectivity index (χ0n) is 20.3. The predicted octanol–water partition coefficient (Wildman–Crippen LogP) is 3.90. The number of thioether (sulfide) groups is 1. The molecule has 0 aliphatic carbocycles. The van der Waals surface area contributed by atoms with Gasteiger partial charge in [0.1, 0.15) is 11.5 Å². The maximum absolute atomic E-state index is 5.31. The van der Waals surface area contributed by atoms with E-state index in [4.69, 9.17) is 17.0 Å². The third kappa shape index (κ3) is 7.06. The molecular formula is C23H33N7OS2. The molecule has 1 heterocycles. The van der Waals surface area contributed by atoms with Gasteiger partial charge >= 0.3 is 0 Å². The standard InChI is InChI=1S/C23H33N7OS2/c1-8-24-22(32)28-27-21(15(3)26-29-23(33-7)25-9-2)19-14-20(30(5)16(19)4)17-10-12-18(31-6)13-11-17/h10-14H,8-9H2,1-7H3,(H,25,29)(H2,24,28,32)/b26-15+,27-21-. The fourth-order valence-corrected chi connectivity index (χ4v) is 3.68. The van der Waals surface area contributed by atoms with Crippen molar-refractivity contribution in [3.8, 4) is 17.0 Å². The highest BCUT2D eigenvalue weighted by atomic mass is 32.2. The van der Waals surface area contributed by atoms with Gasteiger partial charge in [-0.1, -0.05) is 11.8 Å². The Labute approximate surface area is 206 Å². The Morgan fingerprint density at radius 2 is 1.85 bits per heavy atom. The Bertz CT molecular complexity index is 1040. The van der Waals surface area contributed by atoms with Crippen molar-refractivity contribution in [3.63, 3.8) is 0 Å². The van der Waals surface area contributed by atoms with Gasteiger partial charge in [-0.05, 0) is 82.1 Å². The molecule has 2 rings (SSSR count). The molecule has 0 aliphatic heterocycles. The Kier molecular flexibility index (Phi) is 10.4. The minimum Gasteiger partial charge on any atom is -0.497 e. The van der Waals surface area contributed by atoms with Gasteiger partial charge in [-0.15, -0.1) is 0 Å². The van der Waals surface area contributed by atoms with Crippen LogP contribution in [0.15, 0.2) is 45.5 Å². The molecular weight excluding hydrogens is 454 g/mol. The molecule has 0 spiro atoms. The molecule has 3 N–H and O–H groups in total. The number of hydrogen-bond acceptors (Lipinski definition) is 6. The maximum atomic E-state index is 5.31. The second kappa shape index (κ2) is 13.0. The number of aromatic nitrogens is 1. The van der Waals surface area contributed by atoms with Gasteiger partial charge in [0, 0.05) is 37.1 Å². The zero-order chi connectivity index (χ0) is 24.4. The first-order valence-electron chi connectivity index (χ1n) is 10.7. The maximum Gasteiger partial charge on any atom is 0.186 e. The highest BCUT2D eigenvalue weighted by molar-refractivity contribution is 8.13. The Morgan fingerprint density at radius 3 is 2.42 bits per heavy atom. The summed E-state index contributed by atoms with van der Waals surface area (Å²) >= 11 is 6.82. The van der Waals surface area contributed by atoms with Gasteiger partial charge in [0.2, 0.25) is 0 Å². The van der Waals surface area contributed by atoms with Crippen molar-refractivity contribution in [2.45, 2.75) is 27.7 Å². The van der Waals surface area contributed by atoms with E-state index < -0.39 is 0 Å². The second-order valence-corrected chi connectivity index (χ2v) is 8.24. The first kappa shape index (κ1) is 26.4. The largest absolute Gasteiger partial charge is 0.497 e. The lowest BCUT2D eigenvalue weighted by Gasteiger charge is -2.10. The number of hydrazone groups is 2. The van der Waals surface area contributed by atoms with E-state index >= 15 is 0 Å². The summed E-state index contributed by atoms with van der Waals surface area (Å²) < 4.78 is 7.44. The normalized spacial score (nSPS) is 12.5. The number of thiocarbonyl (C=S) groups is 1. The van der Waals surface area contributed by atoms with E-state index in [9.17, 15) is 0 Å². The van der Waals surface area contributed by atoms with Crippen LogP contribution in [-0.2, 0) is 7.05 Å². The number of amidine groups is 1. The van der Waals surface area contributed by atoms with E-state index in [1.54, 1.807) is 7.11 Å². The predicted molar refractivity (Wildman–Crippen MR) is 146 cm³/mol. The molecule has 0 saturated heterocycles. The molecule has 1 aromatic heterocycles. The summed E-state index contributed by atoms with van der Waals surface area (Å²) in [6.45, 7) is 9.33. The smallest absolute Gasteiger partial charge is 0.186 e. The molecule has 0 radical (unpaired) electrons. The Balaban J connectivity index is 2.50. The topological polar surface area (TPSA) is 87.3 Å². The first-order valence-corrected chi connectivity index (χ1v) is 12.3. The average Bonchev–Trinajstić information content (AvgIpc) is 3.11. The summed E-state index contributed by atoms with van der Waals surface area (Å²) in [5.74, 6) is 0.820. The quantitative estimate of drug-likeness (QED) is 0.227. The monoisotopic (exact) mass is 487 g/mol. The highest BCUT2D eigenvalue weighted by Crippen LogP contribution is 2.27.